The lowest BCUT2D eigenvalue weighted by Crippen LogP contribution is -2.08. The Balaban J connectivity index is 3.38. The summed E-state index contributed by atoms with van der Waals surface area (Å²) in [5, 5.41) is -0.847. The molecule has 0 saturated carbocycles. The van der Waals surface area contributed by atoms with E-state index in [-0.39, 0.29) is 21.9 Å². The van der Waals surface area contributed by atoms with Crippen molar-refractivity contribution in [2.24, 2.45) is 0 Å². The van der Waals surface area contributed by atoms with E-state index in [1.165, 1.54) is 12.2 Å². The van der Waals surface area contributed by atoms with Gasteiger partial charge in [0.25, 0.3) is 5.24 Å². The molecule has 0 fully saturated rings. The van der Waals surface area contributed by atoms with Gasteiger partial charge in [-0.3, -0.25) is 4.79 Å². The van der Waals surface area contributed by atoms with E-state index in [0.717, 1.165) is 0 Å². The van der Waals surface area contributed by atoms with Gasteiger partial charge in [-0.05, 0) is 11.6 Å². The molecule has 0 atom stereocenters. The van der Waals surface area contributed by atoms with Crippen LogP contribution in [-0.4, -0.2) is 18.5 Å². The lowest BCUT2D eigenvalue weighted by molar-refractivity contribution is -0.108. The number of allylic oxidation sites excluding steroid dienone is 4. The molecule has 1 aliphatic carbocycles. The molecule has 0 unspecified atom stereocenters. The molecule has 1 aliphatic rings. The van der Waals surface area contributed by atoms with Crippen molar-refractivity contribution in [3.8, 4) is 0 Å². The van der Waals surface area contributed by atoms with Crippen LogP contribution in [0.5, 0.6) is 0 Å². The second-order valence-electron chi connectivity index (χ2n) is 2.27. The van der Waals surface area contributed by atoms with Crippen molar-refractivity contribution in [1.82, 2.24) is 0 Å². The molecular formula is C7H4Cl2O3S. The smallest absolute Gasteiger partial charge is 0.253 e. The maximum Gasteiger partial charge on any atom is 0.253 e. The summed E-state index contributed by atoms with van der Waals surface area (Å²) in [5.74, 6) is 0. The maximum absolute atomic E-state index is 10.7. The molecule has 0 spiro atoms. The maximum atomic E-state index is 10.7. The summed E-state index contributed by atoms with van der Waals surface area (Å²) in [4.78, 5) is 10.7. The fraction of sp³-hybridized carbons (Fsp3) is 0.143. The van der Waals surface area contributed by atoms with Gasteiger partial charge in [-0.1, -0.05) is 23.8 Å². The number of halogens is 2. The molecule has 1 rings (SSSR count). The quantitative estimate of drug-likeness (QED) is 0.511. The van der Waals surface area contributed by atoms with E-state index < -0.39 is 15.5 Å². The normalized spacial score (nSPS) is 16.3. The first kappa shape index (κ1) is 10.5. The number of hydrogen-bond acceptors (Lipinski definition) is 3. The van der Waals surface area contributed by atoms with Gasteiger partial charge in [-0.25, -0.2) is 0 Å². The Morgan fingerprint density at radius 3 is 2.54 bits per heavy atom. The highest BCUT2D eigenvalue weighted by Gasteiger charge is 2.18. The summed E-state index contributed by atoms with van der Waals surface area (Å²) in [7, 11) is -2.40. The fourth-order valence-corrected chi connectivity index (χ4v) is 2.00. The van der Waals surface area contributed by atoms with Crippen LogP contribution in [-0.2, 0) is 15.1 Å². The van der Waals surface area contributed by atoms with Crippen LogP contribution in [0.15, 0.2) is 22.8 Å². The molecular weight excluding hydrogens is 235 g/mol. The third-order valence-electron chi connectivity index (χ3n) is 1.48. The Hall–Kier alpha value is -0.580. The minimum absolute atomic E-state index is 0.00633. The molecule has 3 nitrogen and oxygen atoms in total. The molecule has 0 bridgehead atoms. The molecule has 0 aromatic heterocycles. The van der Waals surface area contributed by atoms with Crippen LogP contribution >= 0.6 is 23.2 Å². The number of carbonyl (C=O) groups excluding carboxylic acids is 1. The molecule has 0 amide bonds. The van der Waals surface area contributed by atoms with Crippen LogP contribution < -0.4 is 0 Å². The van der Waals surface area contributed by atoms with Gasteiger partial charge in [-0.2, -0.15) is 8.42 Å². The topological polar surface area (TPSA) is 51.2 Å². The molecule has 0 N–H and O–H groups in total. The Bertz CT molecular complexity index is 434. The minimum Gasteiger partial charge on any atom is -0.276 e. The third kappa shape index (κ3) is 2.21. The van der Waals surface area contributed by atoms with E-state index in [1.807, 2.05) is 0 Å². The zero-order chi connectivity index (χ0) is 10.0. The van der Waals surface area contributed by atoms with Gasteiger partial charge in [0.1, 0.15) is 0 Å². The first-order valence-electron chi connectivity index (χ1n) is 3.25. The Morgan fingerprint density at radius 2 is 2.08 bits per heavy atom. The predicted molar refractivity (Wildman–Crippen MR) is 51.4 cm³/mol. The third-order valence-corrected chi connectivity index (χ3v) is 3.00. The van der Waals surface area contributed by atoms with E-state index >= 15 is 0 Å². The zero-order valence-corrected chi connectivity index (χ0v) is 8.58. The first-order chi connectivity index (χ1) is 6.04. The summed E-state index contributed by atoms with van der Waals surface area (Å²) < 4.78 is 21.2. The highest BCUT2D eigenvalue weighted by molar-refractivity contribution is 7.73. The second kappa shape index (κ2) is 4.09. The van der Waals surface area contributed by atoms with Gasteiger partial charge < -0.3 is 0 Å². The van der Waals surface area contributed by atoms with Crippen LogP contribution in [0.1, 0.15) is 6.42 Å². The van der Waals surface area contributed by atoms with Crippen molar-refractivity contribution in [2.45, 2.75) is 6.42 Å². The average molecular weight is 239 g/mol. The molecule has 0 aliphatic heterocycles. The van der Waals surface area contributed by atoms with E-state index in [9.17, 15) is 13.2 Å². The molecule has 70 valence electrons. The van der Waals surface area contributed by atoms with Gasteiger partial charge in [0, 0.05) is 6.42 Å². The average Bonchev–Trinajstić information content (AvgIpc) is 2.03. The van der Waals surface area contributed by atoms with Crippen molar-refractivity contribution in [3.05, 3.63) is 22.8 Å². The highest BCUT2D eigenvalue weighted by atomic mass is 35.5. The Labute approximate surface area is 86.2 Å². The molecule has 0 heterocycles. The summed E-state index contributed by atoms with van der Waals surface area (Å²) in [6, 6.07) is 0. The van der Waals surface area contributed by atoms with E-state index in [2.05, 4.69) is 0 Å². The predicted octanol–water partition coefficient (Wildman–Crippen LogP) is 1.26. The number of carbonyl (C=O) groups is 1. The van der Waals surface area contributed by atoms with Crippen LogP contribution in [0, 0.1) is 0 Å². The van der Waals surface area contributed by atoms with Crippen LogP contribution in [0.2, 0.25) is 0 Å². The first-order valence-corrected chi connectivity index (χ1v) is 5.08. The Morgan fingerprint density at radius 1 is 1.46 bits per heavy atom. The Kier molecular flexibility index (Phi) is 3.30. The fourth-order valence-electron chi connectivity index (χ4n) is 0.890. The molecule has 0 aromatic rings. The van der Waals surface area contributed by atoms with Crippen LogP contribution in [0.4, 0.5) is 0 Å². The van der Waals surface area contributed by atoms with Crippen LogP contribution in [0.25, 0.3) is 0 Å². The van der Waals surface area contributed by atoms with Gasteiger partial charge >= 0.3 is 0 Å². The van der Waals surface area contributed by atoms with Gasteiger partial charge in [0.2, 0.25) is 10.3 Å². The minimum atomic E-state index is -2.40. The molecule has 13 heavy (non-hydrogen) atoms. The molecule has 0 aromatic carbocycles. The van der Waals surface area contributed by atoms with Crippen molar-refractivity contribution in [3.63, 3.8) is 0 Å². The van der Waals surface area contributed by atoms with E-state index in [1.54, 1.807) is 0 Å². The monoisotopic (exact) mass is 238 g/mol. The van der Waals surface area contributed by atoms with Crippen molar-refractivity contribution in [1.29, 1.82) is 0 Å². The zero-order valence-electron chi connectivity index (χ0n) is 6.25. The highest BCUT2D eigenvalue weighted by Crippen LogP contribution is 2.21. The van der Waals surface area contributed by atoms with Gasteiger partial charge in [0.05, 0.1) is 15.5 Å². The molecule has 0 saturated heterocycles. The summed E-state index contributed by atoms with van der Waals surface area (Å²) in [6.07, 6.45) is 3.13. The number of rotatable bonds is 1. The van der Waals surface area contributed by atoms with Gasteiger partial charge in [-0.15, -0.1) is 0 Å². The lowest BCUT2D eigenvalue weighted by atomic mass is 10.1. The molecule has 6 heteroatoms. The van der Waals surface area contributed by atoms with Crippen molar-refractivity contribution < 1.29 is 13.2 Å². The summed E-state index contributed by atoms with van der Waals surface area (Å²) >= 11 is 10.8. The van der Waals surface area contributed by atoms with Crippen LogP contribution in [0.3, 0.4) is 0 Å². The van der Waals surface area contributed by atoms with E-state index in [0.29, 0.717) is 0 Å². The summed E-state index contributed by atoms with van der Waals surface area (Å²) in [6.45, 7) is 0. The lowest BCUT2D eigenvalue weighted by Gasteiger charge is -2.06. The van der Waals surface area contributed by atoms with Crippen molar-refractivity contribution in [2.75, 3.05) is 0 Å². The second-order valence-corrected chi connectivity index (χ2v) is 3.95. The largest absolute Gasteiger partial charge is 0.276 e. The molecule has 0 radical (unpaired) electrons. The van der Waals surface area contributed by atoms with Crippen molar-refractivity contribution >= 4 is 43.6 Å². The summed E-state index contributed by atoms with van der Waals surface area (Å²) in [5.41, 5.74) is 0.0220. The number of hydrogen-bond donors (Lipinski definition) is 0. The van der Waals surface area contributed by atoms with Gasteiger partial charge in [0.15, 0.2) is 0 Å². The van der Waals surface area contributed by atoms with E-state index in [4.69, 9.17) is 23.2 Å². The standard InChI is InChI=1S/C7H4Cl2O3S/c8-6-4(7(9)10)2-1-3-5(6)13(11)12/h1-2H,3H2. The SMILES string of the molecule is O=C(Cl)C1=C(Cl)C(=S(=O)=O)CC=C1.